The average Bonchev–Trinajstić information content (AvgIpc) is 2.90. The monoisotopic (exact) mass is 295 g/mol. The molecule has 2 aromatic heterocycles. The van der Waals surface area contributed by atoms with Crippen molar-refractivity contribution in [2.45, 2.75) is 26.4 Å². The second-order valence-electron chi connectivity index (χ2n) is 4.83. The zero-order valence-electron chi connectivity index (χ0n) is 12.1. The number of aromatic nitrogens is 2. The average molecular weight is 295 g/mol. The van der Waals surface area contributed by atoms with Crippen molar-refractivity contribution in [1.82, 2.24) is 14.9 Å². The molecule has 0 saturated heterocycles. The molecule has 2 heterocycles. The Balaban J connectivity index is 2.22. The Bertz CT molecular complexity index is 557. The summed E-state index contributed by atoms with van der Waals surface area (Å²) in [6.07, 6.45) is 0. The van der Waals surface area contributed by atoms with E-state index in [1.165, 1.54) is 0 Å². The van der Waals surface area contributed by atoms with Crippen molar-refractivity contribution in [3.63, 3.8) is 0 Å². The van der Waals surface area contributed by atoms with Crippen LogP contribution in [-0.2, 0) is 11.3 Å². The first-order valence-corrected chi connectivity index (χ1v) is 7.47. The number of rotatable bonds is 7. The fourth-order valence-corrected chi connectivity index (χ4v) is 2.77. The first-order chi connectivity index (χ1) is 9.65. The maximum absolute atomic E-state index is 5.55. The summed E-state index contributed by atoms with van der Waals surface area (Å²) in [4.78, 5) is 12.3. The number of hydrogen-bond donors (Lipinski definition) is 2. The largest absolute Gasteiger partial charge is 0.383 e. The second kappa shape index (κ2) is 6.94. The van der Waals surface area contributed by atoms with E-state index in [0.717, 1.165) is 22.6 Å². The van der Waals surface area contributed by atoms with E-state index in [2.05, 4.69) is 34.1 Å². The number of thiophene rings is 1. The summed E-state index contributed by atoms with van der Waals surface area (Å²) < 4.78 is 5.15. The van der Waals surface area contributed by atoms with Crippen LogP contribution in [0.1, 0.15) is 19.7 Å². The quantitative estimate of drug-likeness (QED) is 0.599. The van der Waals surface area contributed by atoms with Crippen LogP contribution in [0.4, 0.5) is 5.82 Å². The number of ether oxygens (including phenoxy) is 1. The molecule has 0 fully saturated rings. The smallest absolute Gasteiger partial charge is 0.152 e. The van der Waals surface area contributed by atoms with Crippen molar-refractivity contribution in [3.05, 3.63) is 17.3 Å². The molecule has 0 aliphatic carbocycles. The van der Waals surface area contributed by atoms with Gasteiger partial charge in [0.05, 0.1) is 18.5 Å². The lowest BCUT2D eigenvalue weighted by Gasteiger charge is -2.25. The molecule has 7 heteroatoms. The van der Waals surface area contributed by atoms with Gasteiger partial charge in [-0.2, -0.15) is 0 Å². The van der Waals surface area contributed by atoms with Crippen molar-refractivity contribution >= 4 is 27.4 Å². The Kier molecular flexibility index (Phi) is 5.24. The van der Waals surface area contributed by atoms with E-state index in [1.54, 1.807) is 18.4 Å². The third-order valence-electron chi connectivity index (χ3n) is 3.17. The first-order valence-electron chi connectivity index (χ1n) is 6.59. The van der Waals surface area contributed by atoms with Crippen molar-refractivity contribution in [3.8, 4) is 0 Å². The molecule has 2 rings (SSSR count). The van der Waals surface area contributed by atoms with Crippen LogP contribution >= 0.6 is 11.3 Å². The summed E-state index contributed by atoms with van der Waals surface area (Å²) >= 11 is 1.59. The SMILES string of the molecule is COCCN(Cc1nc(NN)c2ccsc2n1)C(C)C. The van der Waals surface area contributed by atoms with E-state index < -0.39 is 0 Å². The number of nitrogens with one attached hydrogen (secondary N) is 1. The second-order valence-corrected chi connectivity index (χ2v) is 5.72. The highest BCUT2D eigenvalue weighted by molar-refractivity contribution is 7.16. The molecule has 0 saturated carbocycles. The van der Waals surface area contributed by atoms with Gasteiger partial charge in [-0.15, -0.1) is 11.3 Å². The molecule has 20 heavy (non-hydrogen) atoms. The molecular formula is C13H21N5OS. The summed E-state index contributed by atoms with van der Waals surface area (Å²) in [7, 11) is 1.71. The van der Waals surface area contributed by atoms with Crippen LogP contribution in [0.15, 0.2) is 11.4 Å². The lowest BCUT2D eigenvalue weighted by atomic mass is 10.3. The maximum Gasteiger partial charge on any atom is 0.152 e. The van der Waals surface area contributed by atoms with Crippen LogP contribution in [-0.4, -0.2) is 41.2 Å². The van der Waals surface area contributed by atoms with E-state index >= 15 is 0 Å². The summed E-state index contributed by atoms with van der Waals surface area (Å²) in [6, 6.07) is 2.38. The summed E-state index contributed by atoms with van der Waals surface area (Å²) in [5.41, 5.74) is 2.65. The molecule has 0 amide bonds. The van der Waals surface area contributed by atoms with Crippen LogP contribution < -0.4 is 11.3 Å². The van der Waals surface area contributed by atoms with E-state index in [9.17, 15) is 0 Å². The zero-order valence-corrected chi connectivity index (χ0v) is 12.9. The van der Waals surface area contributed by atoms with Gasteiger partial charge >= 0.3 is 0 Å². The van der Waals surface area contributed by atoms with Gasteiger partial charge in [-0.1, -0.05) is 0 Å². The number of anilines is 1. The Morgan fingerprint density at radius 3 is 2.90 bits per heavy atom. The third kappa shape index (κ3) is 3.43. The maximum atomic E-state index is 5.55. The molecule has 0 aliphatic heterocycles. The van der Waals surface area contributed by atoms with Crippen molar-refractivity contribution < 1.29 is 4.74 Å². The van der Waals surface area contributed by atoms with Gasteiger partial charge in [0, 0.05) is 19.7 Å². The van der Waals surface area contributed by atoms with Gasteiger partial charge in [0.1, 0.15) is 10.7 Å². The molecule has 0 atom stereocenters. The van der Waals surface area contributed by atoms with E-state index in [1.807, 2.05) is 11.4 Å². The lowest BCUT2D eigenvalue weighted by Crippen LogP contribution is -2.34. The fraction of sp³-hybridized carbons (Fsp3) is 0.538. The molecule has 0 bridgehead atoms. The summed E-state index contributed by atoms with van der Waals surface area (Å²) in [5, 5.41) is 2.96. The van der Waals surface area contributed by atoms with Gasteiger partial charge in [0.2, 0.25) is 0 Å². The van der Waals surface area contributed by atoms with Gasteiger partial charge in [-0.05, 0) is 25.3 Å². The van der Waals surface area contributed by atoms with Crippen LogP contribution in [0.5, 0.6) is 0 Å². The molecule has 0 unspecified atom stereocenters. The number of methoxy groups -OCH3 is 1. The van der Waals surface area contributed by atoms with E-state index in [4.69, 9.17) is 10.6 Å². The highest BCUT2D eigenvalue weighted by Gasteiger charge is 2.14. The van der Waals surface area contributed by atoms with Gasteiger partial charge in [-0.3, -0.25) is 4.90 Å². The minimum absolute atomic E-state index is 0.405. The molecule has 2 aromatic rings. The van der Waals surface area contributed by atoms with Crippen molar-refractivity contribution in [1.29, 1.82) is 0 Å². The summed E-state index contributed by atoms with van der Waals surface area (Å²) in [6.45, 7) is 6.54. The Morgan fingerprint density at radius 1 is 1.45 bits per heavy atom. The molecule has 0 aromatic carbocycles. The molecule has 0 aliphatic rings. The van der Waals surface area contributed by atoms with Gasteiger partial charge in [0.25, 0.3) is 0 Å². The zero-order chi connectivity index (χ0) is 14.5. The van der Waals surface area contributed by atoms with E-state index in [-0.39, 0.29) is 0 Å². The Morgan fingerprint density at radius 2 is 2.25 bits per heavy atom. The molecular weight excluding hydrogens is 274 g/mol. The van der Waals surface area contributed by atoms with E-state index in [0.29, 0.717) is 25.0 Å². The summed E-state index contributed by atoms with van der Waals surface area (Å²) in [5.74, 6) is 7.00. The topological polar surface area (TPSA) is 76.3 Å². The number of nitrogens with zero attached hydrogens (tertiary/aromatic N) is 3. The van der Waals surface area contributed by atoms with Crippen LogP contribution in [0.25, 0.3) is 10.2 Å². The van der Waals surface area contributed by atoms with Gasteiger partial charge in [-0.25, -0.2) is 15.8 Å². The minimum Gasteiger partial charge on any atom is -0.383 e. The number of nitrogen functional groups attached to an aromatic ring is 1. The van der Waals surface area contributed by atoms with Gasteiger partial charge in [0.15, 0.2) is 5.82 Å². The number of hydrogen-bond acceptors (Lipinski definition) is 7. The molecule has 0 spiro atoms. The highest BCUT2D eigenvalue weighted by atomic mass is 32.1. The standard InChI is InChI=1S/C13H21N5OS/c1-9(2)18(5-6-19-3)8-11-15-12(17-14)10-4-7-20-13(10)16-11/h4,7,9H,5-6,8,14H2,1-3H3,(H,15,16,17). The Hall–Kier alpha value is -1.28. The Labute approximate surface area is 122 Å². The normalized spacial score (nSPS) is 11.7. The minimum atomic E-state index is 0.405. The number of fused-ring (bicyclic) bond motifs is 1. The lowest BCUT2D eigenvalue weighted by molar-refractivity contribution is 0.123. The molecule has 3 N–H and O–H groups in total. The predicted molar refractivity (Wildman–Crippen MR) is 82.6 cm³/mol. The van der Waals surface area contributed by atoms with Crippen molar-refractivity contribution in [2.24, 2.45) is 5.84 Å². The van der Waals surface area contributed by atoms with Gasteiger partial charge < -0.3 is 10.2 Å². The number of hydrazine groups is 1. The van der Waals surface area contributed by atoms with Crippen LogP contribution in [0, 0.1) is 0 Å². The molecule has 0 radical (unpaired) electrons. The highest BCUT2D eigenvalue weighted by Crippen LogP contribution is 2.24. The number of nitrogens with two attached hydrogens (primary N) is 1. The molecule has 110 valence electrons. The van der Waals surface area contributed by atoms with Crippen LogP contribution in [0.3, 0.4) is 0 Å². The van der Waals surface area contributed by atoms with Crippen molar-refractivity contribution in [2.75, 3.05) is 25.7 Å². The first kappa shape index (κ1) is 15.1. The van der Waals surface area contributed by atoms with Crippen LogP contribution in [0.2, 0.25) is 0 Å². The fourth-order valence-electron chi connectivity index (χ4n) is 1.99. The third-order valence-corrected chi connectivity index (χ3v) is 3.97. The predicted octanol–water partition coefficient (Wildman–Crippen LogP) is 1.83. The molecule has 6 nitrogen and oxygen atoms in total.